The molecule has 2 heterocycles. The van der Waals surface area contributed by atoms with Gasteiger partial charge < -0.3 is 9.64 Å². The average molecular weight is 218 g/mol. The molecule has 1 saturated heterocycles. The molecule has 0 bridgehead atoms. The molecule has 3 rings (SSSR count). The predicted octanol–water partition coefficient (Wildman–Crippen LogP) is 1.89. The molecular formula is C13H18N2O. The van der Waals surface area contributed by atoms with Gasteiger partial charge >= 0.3 is 0 Å². The zero-order chi connectivity index (χ0) is 11.3. The summed E-state index contributed by atoms with van der Waals surface area (Å²) in [6, 6.07) is 6.44. The van der Waals surface area contributed by atoms with Crippen LogP contribution in [0.15, 0.2) is 18.2 Å². The van der Waals surface area contributed by atoms with Gasteiger partial charge in [-0.3, -0.25) is 4.90 Å². The van der Waals surface area contributed by atoms with Crippen molar-refractivity contribution in [3.05, 3.63) is 23.8 Å². The second kappa shape index (κ2) is 3.39. The van der Waals surface area contributed by atoms with Gasteiger partial charge in [-0.25, -0.2) is 0 Å². The van der Waals surface area contributed by atoms with E-state index in [1.165, 1.54) is 24.2 Å². The van der Waals surface area contributed by atoms with Crippen molar-refractivity contribution in [3.8, 4) is 5.75 Å². The normalized spacial score (nSPS) is 28.1. The Morgan fingerprint density at radius 2 is 2.12 bits per heavy atom. The van der Waals surface area contributed by atoms with E-state index >= 15 is 0 Å². The molecule has 2 unspecified atom stereocenters. The molecule has 16 heavy (non-hydrogen) atoms. The van der Waals surface area contributed by atoms with Crippen LogP contribution in [-0.2, 0) is 0 Å². The fraction of sp³-hybridized carbons (Fsp3) is 0.538. The van der Waals surface area contributed by atoms with Crippen molar-refractivity contribution in [2.45, 2.75) is 18.5 Å². The standard InChI is InChI=1S/C13H18N2O/c1-14-7-6-10-11-8-9(16-3)4-5-12(11)15(2)13(10)14/h4-5,8,10,13H,6-7H2,1-3H3. The second-order valence-electron chi connectivity index (χ2n) is 4.83. The van der Waals surface area contributed by atoms with E-state index in [-0.39, 0.29) is 0 Å². The Balaban J connectivity index is 2.07. The Labute approximate surface area is 96.6 Å². The number of ether oxygens (including phenoxy) is 1. The number of likely N-dealkylation sites (tertiary alicyclic amines) is 1. The Kier molecular flexibility index (Phi) is 2.11. The molecule has 0 aliphatic carbocycles. The molecule has 1 aromatic carbocycles. The van der Waals surface area contributed by atoms with Gasteiger partial charge in [0.15, 0.2) is 0 Å². The molecule has 2 aliphatic heterocycles. The monoisotopic (exact) mass is 218 g/mol. The first-order chi connectivity index (χ1) is 7.72. The number of likely N-dealkylation sites (N-methyl/N-ethyl adjacent to an activating group) is 2. The third-order valence-electron chi connectivity index (χ3n) is 4.02. The lowest BCUT2D eigenvalue weighted by Crippen LogP contribution is -2.39. The molecule has 86 valence electrons. The smallest absolute Gasteiger partial charge is 0.119 e. The zero-order valence-electron chi connectivity index (χ0n) is 10.1. The summed E-state index contributed by atoms with van der Waals surface area (Å²) >= 11 is 0. The summed E-state index contributed by atoms with van der Waals surface area (Å²) in [7, 11) is 6.14. The Morgan fingerprint density at radius 1 is 1.31 bits per heavy atom. The number of hydrogen-bond donors (Lipinski definition) is 0. The van der Waals surface area contributed by atoms with Crippen LogP contribution in [0.2, 0.25) is 0 Å². The van der Waals surface area contributed by atoms with Crippen molar-refractivity contribution in [2.75, 3.05) is 32.6 Å². The summed E-state index contributed by atoms with van der Waals surface area (Å²) in [5.74, 6) is 1.63. The van der Waals surface area contributed by atoms with E-state index < -0.39 is 0 Å². The third kappa shape index (κ3) is 1.18. The highest BCUT2D eigenvalue weighted by molar-refractivity contribution is 5.63. The topological polar surface area (TPSA) is 15.7 Å². The number of hydrogen-bond acceptors (Lipinski definition) is 3. The van der Waals surface area contributed by atoms with Gasteiger partial charge in [0.25, 0.3) is 0 Å². The van der Waals surface area contributed by atoms with Crippen LogP contribution >= 0.6 is 0 Å². The number of nitrogens with zero attached hydrogens (tertiary/aromatic N) is 2. The largest absolute Gasteiger partial charge is 0.497 e. The van der Waals surface area contributed by atoms with Crippen molar-refractivity contribution >= 4 is 5.69 Å². The highest BCUT2D eigenvalue weighted by Gasteiger charge is 2.42. The van der Waals surface area contributed by atoms with Crippen molar-refractivity contribution < 1.29 is 4.74 Å². The minimum absolute atomic E-state index is 0.544. The van der Waals surface area contributed by atoms with E-state index in [4.69, 9.17) is 4.74 Å². The fourth-order valence-electron chi connectivity index (χ4n) is 3.23. The molecule has 0 N–H and O–H groups in total. The lowest BCUT2D eigenvalue weighted by molar-refractivity contribution is 0.305. The number of methoxy groups -OCH3 is 1. The summed E-state index contributed by atoms with van der Waals surface area (Å²) in [4.78, 5) is 4.84. The van der Waals surface area contributed by atoms with Crippen LogP contribution in [0.5, 0.6) is 5.75 Å². The van der Waals surface area contributed by atoms with Crippen LogP contribution in [0.1, 0.15) is 17.9 Å². The van der Waals surface area contributed by atoms with Gasteiger partial charge in [-0.1, -0.05) is 0 Å². The van der Waals surface area contributed by atoms with Crippen LogP contribution in [0.3, 0.4) is 0 Å². The average Bonchev–Trinajstić information content (AvgIpc) is 2.81. The van der Waals surface area contributed by atoms with Gasteiger partial charge in [0.2, 0.25) is 0 Å². The van der Waals surface area contributed by atoms with E-state index in [2.05, 4.69) is 42.1 Å². The van der Waals surface area contributed by atoms with Crippen molar-refractivity contribution in [2.24, 2.45) is 0 Å². The third-order valence-corrected chi connectivity index (χ3v) is 4.02. The van der Waals surface area contributed by atoms with Gasteiger partial charge in [0, 0.05) is 25.2 Å². The minimum Gasteiger partial charge on any atom is -0.497 e. The number of fused-ring (bicyclic) bond motifs is 3. The highest BCUT2D eigenvalue weighted by atomic mass is 16.5. The van der Waals surface area contributed by atoms with Crippen LogP contribution in [0.25, 0.3) is 0 Å². The minimum atomic E-state index is 0.544. The highest BCUT2D eigenvalue weighted by Crippen LogP contribution is 2.47. The molecule has 0 spiro atoms. The second-order valence-corrected chi connectivity index (χ2v) is 4.83. The molecule has 2 aliphatic rings. The Hall–Kier alpha value is -1.22. The van der Waals surface area contributed by atoms with Gasteiger partial charge in [-0.05, 0) is 37.2 Å². The quantitative estimate of drug-likeness (QED) is 0.716. The van der Waals surface area contributed by atoms with E-state index in [9.17, 15) is 0 Å². The molecule has 1 aromatic rings. The maximum absolute atomic E-state index is 5.32. The maximum atomic E-state index is 5.32. The summed E-state index contributed by atoms with van der Waals surface area (Å²) < 4.78 is 5.32. The van der Waals surface area contributed by atoms with Gasteiger partial charge in [0.05, 0.1) is 13.3 Å². The van der Waals surface area contributed by atoms with E-state index in [1.807, 2.05) is 0 Å². The SMILES string of the molecule is COc1ccc2c(c1)C1CCN(C)C1N2C. The van der Waals surface area contributed by atoms with Gasteiger partial charge in [0.1, 0.15) is 5.75 Å². The van der Waals surface area contributed by atoms with Gasteiger partial charge in [-0.15, -0.1) is 0 Å². The van der Waals surface area contributed by atoms with E-state index in [0.29, 0.717) is 12.1 Å². The summed E-state index contributed by atoms with van der Waals surface area (Å²) in [6.07, 6.45) is 1.80. The van der Waals surface area contributed by atoms with Crippen LogP contribution in [0, 0.1) is 0 Å². The summed E-state index contributed by atoms with van der Waals surface area (Å²) in [5.41, 5.74) is 2.82. The molecule has 1 fully saturated rings. The summed E-state index contributed by atoms with van der Waals surface area (Å²) in [6.45, 7) is 1.19. The molecule has 0 amide bonds. The molecule has 0 aromatic heterocycles. The lowest BCUT2D eigenvalue weighted by atomic mass is 9.98. The molecule has 3 nitrogen and oxygen atoms in total. The Bertz CT molecular complexity index is 418. The van der Waals surface area contributed by atoms with Crippen LogP contribution in [0.4, 0.5) is 5.69 Å². The van der Waals surface area contributed by atoms with Crippen molar-refractivity contribution in [3.63, 3.8) is 0 Å². The van der Waals surface area contributed by atoms with Crippen LogP contribution in [-0.4, -0.2) is 38.8 Å². The Morgan fingerprint density at radius 3 is 2.88 bits per heavy atom. The number of benzene rings is 1. The molecular weight excluding hydrogens is 200 g/mol. The maximum Gasteiger partial charge on any atom is 0.119 e. The molecule has 0 saturated carbocycles. The van der Waals surface area contributed by atoms with Crippen molar-refractivity contribution in [1.29, 1.82) is 0 Å². The lowest BCUT2D eigenvalue weighted by Gasteiger charge is -2.28. The van der Waals surface area contributed by atoms with E-state index in [0.717, 1.165) is 5.75 Å². The first-order valence-corrected chi connectivity index (χ1v) is 5.83. The molecule has 3 heteroatoms. The number of rotatable bonds is 1. The van der Waals surface area contributed by atoms with E-state index in [1.54, 1.807) is 7.11 Å². The molecule has 2 atom stereocenters. The molecule has 0 radical (unpaired) electrons. The van der Waals surface area contributed by atoms with Crippen molar-refractivity contribution in [1.82, 2.24) is 4.90 Å². The first kappa shape index (κ1) is 9.97. The summed E-state index contributed by atoms with van der Waals surface area (Å²) in [5, 5.41) is 0. The predicted molar refractivity (Wildman–Crippen MR) is 65.2 cm³/mol. The number of anilines is 1. The zero-order valence-corrected chi connectivity index (χ0v) is 10.1. The fourth-order valence-corrected chi connectivity index (χ4v) is 3.23. The first-order valence-electron chi connectivity index (χ1n) is 5.83. The van der Waals surface area contributed by atoms with Crippen LogP contribution < -0.4 is 9.64 Å². The van der Waals surface area contributed by atoms with Gasteiger partial charge in [-0.2, -0.15) is 0 Å².